The lowest BCUT2D eigenvalue weighted by Gasteiger charge is -2.38. The molecule has 4 atom stereocenters. The molecule has 0 aromatic heterocycles. The standard InChI is InChI=1S/C21H25NO3/c1-4-15(2)14-21(24,16-8-6-5-7-9-16)20(23)25-19-13-11-17-10-12-18(19)22(17)3/h1,5-9,14,17-19,24H,10-13H2,2-3H3/b15-14+/t17-,18-,19-,21?/m1/s1. The average Bonchev–Trinajstić information content (AvgIpc) is 2.85. The number of carbonyl (C=O) groups excluding carboxylic acids is 1. The van der Waals surface area contributed by atoms with Gasteiger partial charge >= 0.3 is 5.97 Å². The van der Waals surface area contributed by atoms with E-state index in [0.717, 1.165) is 25.7 Å². The topological polar surface area (TPSA) is 49.8 Å². The molecule has 0 saturated carbocycles. The van der Waals surface area contributed by atoms with Crippen molar-refractivity contribution in [2.75, 3.05) is 7.05 Å². The van der Waals surface area contributed by atoms with Crippen molar-refractivity contribution in [1.82, 2.24) is 4.90 Å². The van der Waals surface area contributed by atoms with Crippen molar-refractivity contribution < 1.29 is 14.6 Å². The summed E-state index contributed by atoms with van der Waals surface area (Å²) in [6.45, 7) is 1.69. The molecule has 4 heteroatoms. The number of aliphatic hydroxyl groups is 1. The van der Waals surface area contributed by atoms with Crippen LogP contribution in [0.1, 0.15) is 38.2 Å². The molecule has 2 bridgehead atoms. The SMILES string of the molecule is C#C/C(C)=C/C(O)(C(=O)O[C@@H]1CC[C@H]2CC[C@H]1N2C)c1ccccc1. The molecule has 132 valence electrons. The van der Waals surface area contributed by atoms with Crippen LogP contribution in [0.3, 0.4) is 0 Å². The number of terminal acetylenes is 1. The number of ether oxygens (including phenoxy) is 1. The molecular formula is C21H25NO3. The summed E-state index contributed by atoms with van der Waals surface area (Å²) in [7, 11) is 2.09. The first-order valence-corrected chi connectivity index (χ1v) is 8.82. The Bertz CT molecular complexity index is 706. The first-order valence-electron chi connectivity index (χ1n) is 8.82. The second-order valence-corrected chi connectivity index (χ2v) is 7.09. The second kappa shape index (κ2) is 7.03. The number of carbonyl (C=O) groups is 1. The summed E-state index contributed by atoms with van der Waals surface area (Å²) >= 11 is 0. The third-order valence-electron chi connectivity index (χ3n) is 5.54. The molecule has 1 aromatic carbocycles. The first-order chi connectivity index (χ1) is 12.0. The van der Waals surface area contributed by atoms with Crippen molar-refractivity contribution in [2.24, 2.45) is 0 Å². The van der Waals surface area contributed by atoms with Gasteiger partial charge in [0.1, 0.15) is 6.10 Å². The number of fused-ring (bicyclic) bond motifs is 2. The molecule has 3 rings (SSSR count). The van der Waals surface area contributed by atoms with E-state index in [0.29, 0.717) is 17.2 Å². The molecule has 4 nitrogen and oxygen atoms in total. The quantitative estimate of drug-likeness (QED) is 0.677. The minimum atomic E-state index is -1.87. The van der Waals surface area contributed by atoms with Gasteiger partial charge < -0.3 is 9.84 Å². The van der Waals surface area contributed by atoms with Crippen LogP contribution in [0.4, 0.5) is 0 Å². The number of hydrogen-bond donors (Lipinski definition) is 1. The van der Waals surface area contributed by atoms with E-state index in [1.807, 2.05) is 6.07 Å². The van der Waals surface area contributed by atoms with E-state index in [1.54, 1.807) is 31.2 Å². The molecule has 0 aliphatic carbocycles. The Morgan fingerprint density at radius 1 is 1.32 bits per heavy atom. The van der Waals surface area contributed by atoms with Gasteiger partial charge in [-0.2, -0.15) is 0 Å². The van der Waals surface area contributed by atoms with Crippen LogP contribution in [-0.4, -0.2) is 41.2 Å². The third-order valence-corrected chi connectivity index (χ3v) is 5.54. The fourth-order valence-electron chi connectivity index (χ4n) is 4.06. The maximum absolute atomic E-state index is 13.0. The molecule has 2 aliphatic heterocycles. The molecule has 25 heavy (non-hydrogen) atoms. The molecule has 2 heterocycles. The number of piperidine rings is 1. The van der Waals surface area contributed by atoms with Crippen LogP contribution in [0.25, 0.3) is 0 Å². The van der Waals surface area contributed by atoms with E-state index in [-0.39, 0.29) is 12.1 Å². The van der Waals surface area contributed by atoms with Crippen molar-refractivity contribution in [3.05, 3.63) is 47.5 Å². The van der Waals surface area contributed by atoms with Gasteiger partial charge in [0, 0.05) is 12.1 Å². The highest BCUT2D eigenvalue weighted by molar-refractivity contribution is 5.84. The lowest BCUT2D eigenvalue weighted by molar-refractivity contribution is -0.172. The zero-order valence-corrected chi connectivity index (χ0v) is 14.8. The molecular weight excluding hydrogens is 314 g/mol. The summed E-state index contributed by atoms with van der Waals surface area (Å²) in [5.41, 5.74) is -0.917. The fraction of sp³-hybridized carbons (Fsp3) is 0.476. The summed E-state index contributed by atoms with van der Waals surface area (Å²) in [6, 6.07) is 9.64. The minimum absolute atomic E-state index is 0.189. The van der Waals surface area contributed by atoms with E-state index in [2.05, 4.69) is 17.9 Å². The molecule has 1 N–H and O–H groups in total. The summed E-state index contributed by atoms with van der Waals surface area (Å²) < 4.78 is 5.81. The van der Waals surface area contributed by atoms with Gasteiger partial charge in [0.2, 0.25) is 5.60 Å². The van der Waals surface area contributed by atoms with Crippen molar-refractivity contribution >= 4 is 5.97 Å². The van der Waals surface area contributed by atoms with Crippen LogP contribution in [0.2, 0.25) is 0 Å². The van der Waals surface area contributed by atoms with Gasteiger partial charge in [0.25, 0.3) is 0 Å². The Hall–Kier alpha value is -2.09. The van der Waals surface area contributed by atoms with Gasteiger partial charge in [-0.15, -0.1) is 6.42 Å². The highest BCUT2D eigenvalue weighted by atomic mass is 16.6. The van der Waals surface area contributed by atoms with Crippen LogP contribution in [-0.2, 0) is 15.1 Å². The van der Waals surface area contributed by atoms with Crippen molar-refractivity contribution in [3.8, 4) is 12.3 Å². The zero-order valence-electron chi connectivity index (χ0n) is 14.8. The maximum atomic E-state index is 13.0. The summed E-state index contributed by atoms with van der Waals surface area (Å²) in [6.07, 6.45) is 10.7. The zero-order chi connectivity index (χ0) is 18.0. The molecule has 1 unspecified atom stereocenters. The number of likely N-dealkylation sites (N-methyl/N-ethyl adjacent to an activating group) is 1. The Balaban J connectivity index is 1.86. The molecule has 0 amide bonds. The fourth-order valence-corrected chi connectivity index (χ4v) is 4.06. The van der Waals surface area contributed by atoms with Crippen molar-refractivity contribution in [2.45, 2.75) is 56.4 Å². The van der Waals surface area contributed by atoms with Crippen LogP contribution in [0.15, 0.2) is 42.0 Å². The lowest BCUT2D eigenvalue weighted by Crippen LogP contribution is -2.49. The smallest absolute Gasteiger partial charge is 0.347 e. The summed E-state index contributed by atoms with van der Waals surface area (Å²) in [5, 5.41) is 11.2. The third kappa shape index (κ3) is 3.35. The van der Waals surface area contributed by atoms with E-state index in [4.69, 9.17) is 11.2 Å². The van der Waals surface area contributed by atoms with Crippen LogP contribution in [0.5, 0.6) is 0 Å². The Labute approximate surface area is 149 Å². The predicted molar refractivity (Wildman–Crippen MR) is 96.6 cm³/mol. The van der Waals surface area contributed by atoms with Crippen LogP contribution >= 0.6 is 0 Å². The number of hydrogen-bond acceptors (Lipinski definition) is 4. The number of nitrogens with zero attached hydrogens (tertiary/aromatic N) is 1. The maximum Gasteiger partial charge on any atom is 0.347 e. The lowest BCUT2D eigenvalue weighted by atomic mass is 9.91. The van der Waals surface area contributed by atoms with E-state index in [1.165, 1.54) is 6.08 Å². The molecule has 0 radical (unpaired) electrons. The molecule has 2 aliphatic rings. The number of allylic oxidation sites excluding steroid dienone is 1. The molecule has 2 fully saturated rings. The minimum Gasteiger partial charge on any atom is -0.458 e. The summed E-state index contributed by atoms with van der Waals surface area (Å²) in [5.74, 6) is 1.81. The Morgan fingerprint density at radius 2 is 2.00 bits per heavy atom. The van der Waals surface area contributed by atoms with Gasteiger partial charge in [-0.05, 0) is 56.9 Å². The predicted octanol–water partition coefficient (Wildman–Crippen LogP) is 2.62. The summed E-state index contributed by atoms with van der Waals surface area (Å²) in [4.78, 5) is 15.3. The van der Waals surface area contributed by atoms with Crippen LogP contribution in [0, 0.1) is 12.3 Å². The first kappa shape index (κ1) is 17.7. The van der Waals surface area contributed by atoms with Crippen LogP contribution < -0.4 is 0 Å². The van der Waals surface area contributed by atoms with E-state index >= 15 is 0 Å². The second-order valence-electron chi connectivity index (χ2n) is 7.09. The van der Waals surface area contributed by atoms with Gasteiger partial charge in [0.05, 0.1) is 0 Å². The normalized spacial score (nSPS) is 28.9. The number of esters is 1. The highest BCUT2D eigenvalue weighted by Crippen LogP contribution is 2.37. The van der Waals surface area contributed by atoms with Crippen molar-refractivity contribution in [1.29, 1.82) is 0 Å². The van der Waals surface area contributed by atoms with Gasteiger partial charge in [0.15, 0.2) is 0 Å². The molecule has 0 spiro atoms. The Kier molecular flexibility index (Phi) is 4.99. The average molecular weight is 339 g/mol. The molecule has 1 aromatic rings. The highest BCUT2D eigenvalue weighted by Gasteiger charge is 2.45. The molecule has 2 saturated heterocycles. The van der Waals surface area contributed by atoms with Crippen molar-refractivity contribution in [3.63, 3.8) is 0 Å². The van der Waals surface area contributed by atoms with Gasteiger partial charge in [-0.25, -0.2) is 4.79 Å². The van der Waals surface area contributed by atoms with E-state index in [9.17, 15) is 9.90 Å². The van der Waals surface area contributed by atoms with Gasteiger partial charge in [-0.1, -0.05) is 36.3 Å². The number of benzene rings is 1. The largest absolute Gasteiger partial charge is 0.458 e. The van der Waals surface area contributed by atoms with Gasteiger partial charge in [-0.3, -0.25) is 4.90 Å². The van der Waals surface area contributed by atoms with E-state index < -0.39 is 11.6 Å². The number of rotatable bonds is 4. The monoisotopic (exact) mass is 339 g/mol. The Morgan fingerprint density at radius 3 is 2.68 bits per heavy atom.